The number of likely N-dealkylation sites (N-methyl/N-ethyl adjacent to an activating group) is 1. The molecule has 4 rings (SSSR count). The number of imide groups is 1. The van der Waals surface area contributed by atoms with E-state index >= 15 is 0 Å². The van der Waals surface area contributed by atoms with Crippen LogP contribution in [0, 0.1) is 11.6 Å². The first-order valence-corrected chi connectivity index (χ1v) is 12.3. The van der Waals surface area contributed by atoms with Gasteiger partial charge in [-0.05, 0) is 41.3 Å². The second-order valence-electron chi connectivity index (χ2n) is 9.43. The lowest BCUT2D eigenvalue weighted by Gasteiger charge is -2.33. The Bertz CT molecular complexity index is 1340. The van der Waals surface area contributed by atoms with Gasteiger partial charge in [-0.25, -0.2) is 8.78 Å². The van der Waals surface area contributed by atoms with Crippen LogP contribution < -0.4 is 5.73 Å². The van der Waals surface area contributed by atoms with Gasteiger partial charge in [0.25, 0.3) is 0 Å². The van der Waals surface area contributed by atoms with Gasteiger partial charge in [0.1, 0.15) is 17.7 Å². The van der Waals surface area contributed by atoms with E-state index in [1.165, 1.54) is 11.8 Å². The van der Waals surface area contributed by atoms with Crippen molar-refractivity contribution >= 4 is 23.3 Å². The van der Waals surface area contributed by atoms with E-state index in [4.69, 9.17) is 5.73 Å². The molecule has 196 valence electrons. The standard InChI is InChI=1S/C30H29F2N3O3/c1-19(33)29(37)35(28(36)15-20-13-24(31)18-25(32)14-20)27-17-23(21-9-5-3-6-10-21)16-26(34(2)30(27)38)22-11-7-4-8-12-22/h3-14,16,18-19,26-27H,15,17,33H2,1-2H3/t19-,26+,27-/m0/s1. The SMILES string of the molecule is C[C@H](N)C(=O)N(C(=O)Cc1cc(F)cc(F)c1)[C@H]1CC(c2ccccc2)=C[C@H](c2ccccc2)N(C)C1=O. The zero-order valence-electron chi connectivity index (χ0n) is 21.2. The summed E-state index contributed by atoms with van der Waals surface area (Å²) in [7, 11) is 1.62. The summed E-state index contributed by atoms with van der Waals surface area (Å²) >= 11 is 0. The van der Waals surface area contributed by atoms with Gasteiger partial charge in [-0.3, -0.25) is 19.3 Å². The highest BCUT2D eigenvalue weighted by Gasteiger charge is 2.41. The number of hydrogen-bond acceptors (Lipinski definition) is 4. The molecule has 3 aromatic carbocycles. The van der Waals surface area contributed by atoms with Crippen LogP contribution in [0.5, 0.6) is 0 Å². The third kappa shape index (κ3) is 5.86. The number of hydrogen-bond donors (Lipinski definition) is 1. The Morgan fingerprint density at radius 1 is 1.00 bits per heavy atom. The van der Waals surface area contributed by atoms with Crippen LogP contribution in [-0.2, 0) is 20.8 Å². The maximum Gasteiger partial charge on any atom is 0.246 e. The maximum atomic E-state index is 13.9. The fourth-order valence-electron chi connectivity index (χ4n) is 4.72. The lowest BCUT2D eigenvalue weighted by molar-refractivity contribution is -0.155. The van der Waals surface area contributed by atoms with Gasteiger partial charge in [0.15, 0.2) is 0 Å². The zero-order chi connectivity index (χ0) is 27.4. The lowest BCUT2D eigenvalue weighted by Crippen LogP contribution is -2.56. The van der Waals surface area contributed by atoms with Crippen LogP contribution in [0.1, 0.15) is 36.1 Å². The van der Waals surface area contributed by atoms with E-state index in [2.05, 4.69) is 0 Å². The summed E-state index contributed by atoms with van der Waals surface area (Å²) < 4.78 is 27.6. The number of nitrogens with zero attached hydrogens (tertiary/aromatic N) is 2. The van der Waals surface area contributed by atoms with Gasteiger partial charge in [-0.2, -0.15) is 0 Å². The average Bonchev–Trinajstić information content (AvgIpc) is 3.01. The van der Waals surface area contributed by atoms with Crippen molar-refractivity contribution in [1.82, 2.24) is 9.80 Å². The van der Waals surface area contributed by atoms with E-state index in [0.29, 0.717) is 6.07 Å². The number of carbonyl (C=O) groups excluding carboxylic acids is 3. The van der Waals surface area contributed by atoms with E-state index in [-0.39, 0.29) is 12.0 Å². The van der Waals surface area contributed by atoms with E-state index < -0.39 is 53.9 Å². The van der Waals surface area contributed by atoms with Gasteiger partial charge >= 0.3 is 0 Å². The van der Waals surface area contributed by atoms with Crippen LogP contribution in [0.15, 0.2) is 84.9 Å². The molecule has 0 unspecified atom stereocenters. The van der Waals surface area contributed by atoms with Crippen LogP contribution in [0.3, 0.4) is 0 Å². The van der Waals surface area contributed by atoms with Crippen LogP contribution >= 0.6 is 0 Å². The Morgan fingerprint density at radius 3 is 2.16 bits per heavy atom. The fraction of sp³-hybridized carbons (Fsp3) is 0.233. The van der Waals surface area contributed by atoms with Crippen molar-refractivity contribution < 1.29 is 23.2 Å². The maximum absolute atomic E-state index is 13.9. The fourth-order valence-corrected chi connectivity index (χ4v) is 4.72. The van der Waals surface area contributed by atoms with Gasteiger partial charge in [0, 0.05) is 19.5 Å². The van der Waals surface area contributed by atoms with Crippen molar-refractivity contribution in [2.24, 2.45) is 5.73 Å². The van der Waals surface area contributed by atoms with Crippen LogP contribution in [0.2, 0.25) is 0 Å². The Kier molecular flexibility index (Phi) is 8.12. The first-order valence-electron chi connectivity index (χ1n) is 12.3. The molecule has 0 saturated carbocycles. The van der Waals surface area contributed by atoms with Crippen LogP contribution in [-0.4, -0.2) is 46.7 Å². The molecule has 1 heterocycles. The number of halogens is 2. The lowest BCUT2D eigenvalue weighted by atomic mass is 9.95. The normalized spacial score (nSPS) is 18.4. The molecule has 3 atom stereocenters. The zero-order valence-corrected chi connectivity index (χ0v) is 21.2. The molecule has 6 nitrogen and oxygen atoms in total. The van der Waals surface area contributed by atoms with Crippen molar-refractivity contribution in [3.63, 3.8) is 0 Å². The minimum Gasteiger partial charge on any atom is -0.333 e. The summed E-state index contributed by atoms with van der Waals surface area (Å²) in [6.45, 7) is 1.43. The average molecular weight is 518 g/mol. The van der Waals surface area contributed by atoms with Crippen molar-refractivity contribution in [3.05, 3.63) is 113 Å². The highest BCUT2D eigenvalue weighted by atomic mass is 19.1. The van der Waals surface area contributed by atoms with Gasteiger partial charge in [-0.1, -0.05) is 66.7 Å². The minimum absolute atomic E-state index is 0.0467. The molecule has 0 aromatic heterocycles. The summed E-state index contributed by atoms with van der Waals surface area (Å²) in [5.41, 5.74) is 8.43. The van der Waals surface area contributed by atoms with Crippen molar-refractivity contribution in [1.29, 1.82) is 0 Å². The molecule has 1 aliphatic rings. The van der Waals surface area contributed by atoms with Gasteiger partial charge in [0.05, 0.1) is 18.5 Å². The Morgan fingerprint density at radius 2 is 1.58 bits per heavy atom. The Balaban J connectivity index is 1.79. The van der Waals surface area contributed by atoms with E-state index in [1.54, 1.807) is 7.05 Å². The molecular formula is C30H29F2N3O3. The molecule has 0 radical (unpaired) electrons. The van der Waals surface area contributed by atoms with Crippen LogP contribution in [0.4, 0.5) is 8.78 Å². The monoisotopic (exact) mass is 517 g/mol. The molecule has 1 aliphatic heterocycles. The number of carbonyl (C=O) groups is 3. The van der Waals surface area contributed by atoms with Gasteiger partial charge in [0.2, 0.25) is 17.7 Å². The highest BCUT2D eigenvalue weighted by Crippen LogP contribution is 2.34. The second-order valence-corrected chi connectivity index (χ2v) is 9.43. The molecule has 38 heavy (non-hydrogen) atoms. The number of amides is 3. The summed E-state index contributed by atoms with van der Waals surface area (Å²) in [6.07, 6.45) is 1.54. The molecule has 3 aromatic rings. The summed E-state index contributed by atoms with van der Waals surface area (Å²) in [5.74, 6) is -3.65. The summed E-state index contributed by atoms with van der Waals surface area (Å²) in [4.78, 5) is 43.2. The Labute approximate surface area is 220 Å². The first-order chi connectivity index (χ1) is 18.2. The third-order valence-electron chi connectivity index (χ3n) is 6.59. The predicted octanol–water partition coefficient (Wildman–Crippen LogP) is 4.27. The van der Waals surface area contributed by atoms with Gasteiger partial charge < -0.3 is 10.6 Å². The second kappa shape index (κ2) is 11.5. The van der Waals surface area contributed by atoms with E-state index in [1.807, 2.05) is 66.7 Å². The molecule has 2 N–H and O–H groups in total. The molecule has 0 fully saturated rings. The molecule has 3 amide bonds. The number of rotatable bonds is 6. The summed E-state index contributed by atoms with van der Waals surface area (Å²) in [6, 6.07) is 18.8. The smallest absolute Gasteiger partial charge is 0.246 e. The Hall–Kier alpha value is -4.17. The van der Waals surface area contributed by atoms with Crippen molar-refractivity contribution in [2.75, 3.05) is 7.05 Å². The first kappa shape index (κ1) is 26.9. The third-order valence-corrected chi connectivity index (χ3v) is 6.59. The van der Waals surface area contributed by atoms with Crippen molar-refractivity contribution in [3.8, 4) is 0 Å². The number of benzene rings is 3. The molecule has 0 saturated heterocycles. The predicted molar refractivity (Wildman–Crippen MR) is 140 cm³/mol. The van der Waals surface area contributed by atoms with Gasteiger partial charge in [-0.15, -0.1) is 0 Å². The molecule has 0 spiro atoms. The largest absolute Gasteiger partial charge is 0.333 e. The molecule has 0 aliphatic carbocycles. The van der Waals surface area contributed by atoms with Crippen molar-refractivity contribution in [2.45, 2.75) is 37.9 Å². The summed E-state index contributed by atoms with van der Waals surface area (Å²) in [5, 5.41) is 0. The minimum atomic E-state index is -1.20. The molecule has 0 bridgehead atoms. The van der Waals surface area contributed by atoms with Crippen LogP contribution in [0.25, 0.3) is 5.57 Å². The number of nitrogens with two attached hydrogens (primary N) is 1. The highest BCUT2D eigenvalue weighted by molar-refractivity contribution is 6.03. The van der Waals surface area contributed by atoms with E-state index in [9.17, 15) is 23.2 Å². The molecular weight excluding hydrogens is 488 g/mol. The topological polar surface area (TPSA) is 83.7 Å². The quantitative estimate of drug-likeness (QED) is 0.530. The molecule has 8 heteroatoms. The van der Waals surface area contributed by atoms with E-state index in [0.717, 1.165) is 33.7 Å².